The fraction of sp³-hybridized carbons (Fsp3) is 0.200. The van der Waals surface area contributed by atoms with Crippen molar-refractivity contribution in [1.29, 1.82) is 0 Å². The minimum absolute atomic E-state index is 0.0726. The highest BCUT2D eigenvalue weighted by Gasteiger charge is 2.46. The zero-order chi connectivity index (χ0) is 16.4. The molecule has 0 radical (unpaired) electrons. The molecule has 0 spiro atoms. The Morgan fingerprint density at radius 2 is 1.55 bits per heavy atom. The van der Waals surface area contributed by atoms with Gasteiger partial charge in [0.1, 0.15) is 0 Å². The van der Waals surface area contributed by atoms with Crippen LogP contribution < -0.4 is 4.72 Å². The van der Waals surface area contributed by atoms with Crippen molar-refractivity contribution in [3.05, 3.63) is 65.7 Å². The summed E-state index contributed by atoms with van der Waals surface area (Å²) in [6, 6.07) is 15.3. The lowest BCUT2D eigenvalue weighted by molar-refractivity contribution is -0.0429. The van der Waals surface area contributed by atoms with Crippen molar-refractivity contribution >= 4 is 15.7 Å². The van der Waals surface area contributed by atoms with E-state index in [9.17, 15) is 21.6 Å². The molecule has 0 fully saturated rings. The van der Waals surface area contributed by atoms with Gasteiger partial charge in [-0.1, -0.05) is 49.4 Å². The molecule has 0 saturated carbocycles. The minimum atomic E-state index is -5.41. The molecule has 1 atom stereocenters. The van der Waals surface area contributed by atoms with Crippen LogP contribution in [0.1, 0.15) is 24.0 Å². The minimum Gasteiger partial charge on any atom is -0.276 e. The first-order valence-corrected chi connectivity index (χ1v) is 7.93. The predicted octanol–water partition coefficient (Wildman–Crippen LogP) is 4.10. The number of anilines is 1. The number of halogens is 3. The van der Waals surface area contributed by atoms with Gasteiger partial charge in [-0.25, -0.2) is 0 Å². The molecule has 0 aromatic heterocycles. The summed E-state index contributed by atoms with van der Waals surface area (Å²) in [7, 11) is -5.41. The topological polar surface area (TPSA) is 46.2 Å². The van der Waals surface area contributed by atoms with Crippen molar-refractivity contribution in [3.63, 3.8) is 0 Å². The van der Waals surface area contributed by atoms with Crippen LogP contribution in [0.15, 0.2) is 54.6 Å². The summed E-state index contributed by atoms with van der Waals surface area (Å²) in [6.45, 7) is 1.90. The molecule has 1 N–H and O–H groups in total. The Labute approximate surface area is 126 Å². The maximum Gasteiger partial charge on any atom is 0.516 e. The Morgan fingerprint density at radius 3 is 2.14 bits per heavy atom. The molecule has 7 heteroatoms. The van der Waals surface area contributed by atoms with Crippen molar-refractivity contribution in [1.82, 2.24) is 0 Å². The first-order valence-electron chi connectivity index (χ1n) is 6.45. The van der Waals surface area contributed by atoms with Crippen LogP contribution in [-0.2, 0) is 10.0 Å². The van der Waals surface area contributed by atoms with E-state index < -0.39 is 15.5 Å². The van der Waals surface area contributed by atoms with Crippen LogP contribution in [0.3, 0.4) is 0 Å². The third-order valence-electron chi connectivity index (χ3n) is 3.24. The van der Waals surface area contributed by atoms with Gasteiger partial charge < -0.3 is 0 Å². The van der Waals surface area contributed by atoms with Crippen LogP contribution in [0.5, 0.6) is 0 Å². The summed E-state index contributed by atoms with van der Waals surface area (Å²) in [6.07, 6.45) is 0. The second-order valence-electron chi connectivity index (χ2n) is 4.81. The molecular formula is C15H14F3NO2S. The molecule has 0 aliphatic carbocycles. The number of alkyl halides is 3. The maximum absolute atomic E-state index is 12.4. The molecule has 0 unspecified atom stereocenters. The Bertz CT molecular complexity index is 743. The molecule has 2 aromatic carbocycles. The summed E-state index contributed by atoms with van der Waals surface area (Å²) >= 11 is 0. The second kappa shape index (κ2) is 6.00. The fourth-order valence-electron chi connectivity index (χ4n) is 2.02. The lowest BCUT2D eigenvalue weighted by Crippen LogP contribution is -2.29. The number of nitrogens with one attached hydrogen (secondary N) is 1. The van der Waals surface area contributed by atoms with Crippen LogP contribution in [0, 0.1) is 0 Å². The number of hydrogen-bond donors (Lipinski definition) is 1. The fourth-order valence-corrected chi connectivity index (χ4v) is 2.57. The van der Waals surface area contributed by atoms with Crippen molar-refractivity contribution in [2.75, 3.05) is 4.72 Å². The van der Waals surface area contributed by atoms with E-state index in [-0.39, 0.29) is 11.6 Å². The van der Waals surface area contributed by atoms with Gasteiger partial charge in [0.25, 0.3) is 0 Å². The number of hydrogen-bond acceptors (Lipinski definition) is 2. The van der Waals surface area contributed by atoms with E-state index in [2.05, 4.69) is 0 Å². The summed E-state index contributed by atoms with van der Waals surface area (Å²) < 4.78 is 61.0. The van der Waals surface area contributed by atoms with Crippen LogP contribution in [-0.4, -0.2) is 13.9 Å². The molecule has 3 nitrogen and oxygen atoms in total. The highest BCUT2D eigenvalue weighted by molar-refractivity contribution is 7.93. The molecule has 0 saturated heterocycles. The molecule has 2 aromatic rings. The Morgan fingerprint density at radius 1 is 0.955 bits per heavy atom. The van der Waals surface area contributed by atoms with Gasteiger partial charge in [0.05, 0.1) is 0 Å². The van der Waals surface area contributed by atoms with E-state index in [1.54, 1.807) is 10.8 Å². The molecule has 2 rings (SSSR count). The van der Waals surface area contributed by atoms with Gasteiger partial charge in [-0.05, 0) is 23.3 Å². The molecular weight excluding hydrogens is 315 g/mol. The quantitative estimate of drug-likeness (QED) is 0.918. The van der Waals surface area contributed by atoms with E-state index in [0.29, 0.717) is 5.56 Å². The van der Waals surface area contributed by atoms with E-state index in [1.165, 1.54) is 18.2 Å². The lowest BCUT2D eigenvalue weighted by Gasteiger charge is -2.15. The first kappa shape index (κ1) is 16.4. The zero-order valence-corrected chi connectivity index (χ0v) is 12.4. The number of rotatable bonds is 4. The van der Waals surface area contributed by atoms with Crippen molar-refractivity contribution in [2.45, 2.75) is 18.3 Å². The molecule has 0 heterocycles. The van der Waals surface area contributed by atoms with E-state index in [1.807, 2.05) is 37.3 Å². The Balaban J connectivity index is 2.28. The third-order valence-corrected chi connectivity index (χ3v) is 4.36. The summed E-state index contributed by atoms with van der Waals surface area (Å²) in [5.41, 5.74) is -3.75. The van der Waals surface area contributed by atoms with Gasteiger partial charge in [-0.3, -0.25) is 4.72 Å². The summed E-state index contributed by atoms with van der Waals surface area (Å²) in [4.78, 5) is 0. The third kappa shape index (κ3) is 3.59. The van der Waals surface area contributed by atoms with E-state index >= 15 is 0 Å². The van der Waals surface area contributed by atoms with E-state index in [0.717, 1.165) is 5.56 Å². The van der Waals surface area contributed by atoms with Gasteiger partial charge in [0, 0.05) is 11.6 Å². The van der Waals surface area contributed by atoms with Crippen molar-refractivity contribution < 1.29 is 21.6 Å². The van der Waals surface area contributed by atoms with E-state index in [4.69, 9.17) is 0 Å². The SMILES string of the molecule is C[C@@H](c1ccccc1)c1cccc(NS(=O)(=O)C(F)(F)F)c1. The second-order valence-corrected chi connectivity index (χ2v) is 6.48. The van der Waals surface area contributed by atoms with Crippen molar-refractivity contribution in [2.24, 2.45) is 0 Å². The highest BCUT2D eigenvalue weighted by Crippen LogP contribution is 2.29. The van der Waals surface area contributed by atoms with Crippen LogP contribution in [0.2, 0.25) is 0 Å². The summed E-state index contributed by atoms with van der Waals surface area (Å²) in [5, 5.41) is 0. The molecule has 0 bridgehead atoms. The highest BCUT2D eigenvalue weighted by atomic mass is 32.2. The number of sulfonamides is 1. The smallest absolute Gasteiger partial charge is 0.276 e. The summed E-state index contributed by atoms with van der Waals surface area (Å²) in [5.74, 6) is -0.0726. The largest absolute Gasteiger partial charge is 0.516 e. The monoisotopic (exact) mass is 329 g/mol. The van der Waals surface area contributed by atoms with Gasteiger partial charge in [-0.2, -0.15) is 21.6 Å². The Hall–Kier alpha value is -2.02. The van der Waals surface area contributed by atoms with Crippen molar-refractivity contribution in [3.8, 4) is 0 Å². The van der Waals surface area contributed by atoms with Crippen LogP contribution in [0.25, 0.3) is 0 Å². The van der Waals surface area contributed by atoms with Gasteiger partial charge in [0.15, 0.2) is 0 Å². The lowest BCUT2D eigenvalue weighted by atomic mass is 9.93. The predicted molar refractivity (Wildman–Crippen MR) is 79.0 cm³/mol. The van der Waals surface area contributed by atoms with Crippen LogP contribution in [0.4, 0.5) is 18.9 Å². The molecule has 0 aliphatic heterocycles. The Kier molecular flexibility index (Phi) is 4.46. The average Bonchev–Trinajstić information content (AvgIpc) is 2.46. The molecule has 0 aliphatic rings. The van der Waals surface area contributed by atoms with Gasteiger partial charge in [-0.15, -0.1) is 0 Å². The van der Waals surface area contributed by atoms with Gasteiger partial charge in [0.2, 0.25) is 0 Å². The van der Waals surface area contributed by atoms with Gasteiger partial charge >= 0.3 is 15.5 Å². The standard InChI is InChI=1S/C15H14F3NO2S/c1-11(12-6-3-2-4-7-12)13-8-5-9-14(10-13)19-22(20,21)15(16,17)18/h2-11,19H,1H3/t11-/m0/s1. The van der Waals surface area contributed by atoms with Crippen LogP contribution >= 0.6 is 0 Å². The number of benzene rings is 2. The normalized spacial score (nSPS) is 13.6. The molecule has 118 valence electrons. The maximum atomic E-state index is 12.4. The molecule has 0 amide bonds. The molecule has 22 heavy (non-hydrogen) atoms. The first-order chi connectivity index (χ1) is 10.2. The zero-order valence-electron chi connectivity index (χ0n) is 11.6. The average molecular weight is 329 g/mol.